The van der Waals surface area contributed by atoms with Gasteiger partial charge in [-0.2, -0.15) is 4.99 Å². The summed E-state index contributed by atoms with van der Waals surface area (Å²) in [5, 5.41) is 0.759. The molecule has 0 spiro atoms. The number of rotatable bonds is 7. The van der Waals surface area contributed by atoms with Crippen molar-refractivity contribution in [2.45, 2.75) is 13.5 Å². The van der Waals surface area contributed by atoms with Crippen LogP contribution in [0.1, 0.15) is 23.0 Å². The molecule has 0 unspecified atom stereocenters. The van der Waals surface area contributed by atoms with Gasteiger partial charge in [-0.15, -0.1) is 0 Å². The van der Waals surface area contributed by atoms with E-state index in [1.807, 2.05) is 0 Å². The average Bonchev–Trinajstić information content (AvgIpc) is 3.43. The molecule has 0 aliphatic rings. The Hall–Kier alpha value is -4.41. The molecule has 0 bridgehead atoms. The minimum Gasteiger partial charge on any atom is -0.482 e. The third-order valence-corrected chi connectivity index (χ3v) is 6.19. The Kier molecular flexibility index (Phi) is 7.49. The number of nitrogens with zero attached hydrogens (tertiary/aromatic N) is 4. The average molecular weight is 567 g/mol. The summed E-state index contributed by atoms with van der Waals surface area (Å²) in [6, 6.07) is 14.4. The first-order valence-electron chi connectivity index (χ1n) is 11.8. The van der Waals surface area contributed by atoms with Crippen molar-refractivity contribution >= 4 is 51.8 Å². The fraction of sp³-hybridized carbons (Fsp3) is 0.148. The van der Waals surface area contributed by atoms with Crippen molar-refractivity contribution in [2.24, 2.45) is 4.99 Å². The van der Waals surface area contributed by atoms with Gasteiger partial charge in [-0.05, 0) is 55.5 Å². The Morgan fingerprint density at radius 1 is 1.10 bits per heavy atom. The molecule has 39 heavy (non-hydrogen) atoms. The largest absolute Gasteiger partial charge is 0.482 e. The summed E-state index contributed by atoms with van der Waals surface area (Å²) in [5.74, 6) is -0.779. The predicted octanol–water partition coefficient (Wildman–Crippen LogP) is 4.28. The fourth-order valence-corrected chi connectivity index (χ4v) is 4.41. The molecule has 0 aliphatic carbocycles. The van der Waals surface area contributed by atoms with Crippen LogP contribution in [0.2, 0.25) is 10.0 Å². The lowest BCUT2D eigenvalue weighted by atomic mass is 10.2. The van der Waals surface area contributed by atoms with Gasteiger partial charge in [0.2, 0.25) is 0 Å². The third-order valence-electron chi connectivity index (χ3n) is 5.65. The van der Waals surface area contributed by atoms with Crippen LogP contribution in [-0.4, -0.2) is 39.0 Å². The molecule has 5 aromatic rings. The molecule has 0 aliphatic heterocycles. The fourth-order valence-electron chi connectivity index (χ4n) is 3.95. The van der Waals surface area contributed by atoms with E-state index in [9.17, 15) is 14.4 Å². The molecule has 1 aromatic carbocycles. The lowest BCUT2D eigenvalue weighted by Crippen LogP contribution is -2.33. The van der Waals surface area contributed by atoms with Crippen molar-refractivity contribution in [1.29, 1.82) is 0 Å². The van der Waals surface area contributed by atoms with Crippen molar-refractivity contribution in [3.63, 3.8) is 0 Å². The molecule has 4 heterocycles. The highest BCUT2D eigenvalue weighted by Gasteiger charge is 2.21. The molecule has 0 saturated heterocycles. The summed E-state index contributed by atoms with van der Waals surface area (Å²) < 4.78 is 19.1. The Bertz CT molecular complexity index is 1840. The van der Waals surface area contributed by atoms with Crippen LogP contribution in [0, 0.1) is 0 Å². The van der Waals surface area contributed by atoms with Gasteiger partial charge in [0, 0.05) is 11.2 Å². The zero-order valence-electron chi connectivity index (χ0n) is 20.5. The number of fused-ring (bicyclic) bond motifs is 2. The Morgan fingerprint density at radius 3 is 2.69 bits per heavy atom. The normalized spacial score (nSPS) is 11.7. The van der Waals surface area contributed by atoms with Gasteiger partial charge in [0.25, 0.3) is 11.5 Å². The van der Waals surface area contributed by atoms with Crippen LogP contribution >= 0.6 is 23.2 Å². The first-order valence-corrected chi connectivity index (χ1v) is 12.5. The zero-order chi connectivity index (χ0) is 27.5. The quantitative estimate of drug-likeness (QED) is 0.213. The number of hydrogen-bond donors (Lipinski definition) is 0. The minimum absolute atomic E-state index is 0.0160. The number of esters is 1. The summed E-state index contributed by atoms with van der Waals surface area (Å²) in [5.41, 5.74) is -0.00855. The van der Waals surface area contributed by atoms with Gasteiger partial charge in [-0.1, -0.05) is 29.3 Å². The van der Waals surface area contributed by atoms with E-state index in [-0.39, 0.29) is 46.0 Å². The maximum absolute atomic E-state index is 13.4. The topological polar surface area (TPSA) is 117 Å². The number of amides is 1. The highest BCUT2D eigenvalue weighted by molar-refractivity contribution is 6.35. The van der Waals surface area contributed by atoms with E-state index in [2.05, 4.69) is 9.98 Å². The SMILES string of the molecule is CCOC(=O)c1cc2c(=O)n3ccccc3nc2n(Cc2ccco2)c1=NC(=O)COc1ccc(Cl)cc1Cl. The van der Waals surface area contributed by atoms with E-state index >= 15 is 0 Å². The third kappa shape index (κ3) is 5.43. The van der Waals surface area contributed by atoms with Crippen LogP contribution in [-0.2, 0) is 16.1 Å². The van der Waals surface area contributed by atoms with Crippen LogP contribution in [0.15, 0.2) is 81.3 Å². The highest BCUT2D eigenvalue weighted by Crippen LogP contribution is 2.27. The van der Waals surface area contributed by atoms with E-state index in [1.54, 1.807) is 49.5 Å². The predicted molar refractivity (Wildman–Crippen MR) is 143 cm³/mol. The molecule has 10 nitrogen and oxygen atoms in total. The lowest BCUT2D eigenvalue weighted by Gasteiger charge is -2.14. The van der Waals surface area contributed by atoms with Gasteiger partial charge < -0.3 is 18.5 Å². The van der Waals surface area contributed by atoms with Crippen LogP contribution in [0.3, 0.4) is 0 Å². The smallest absolute Gasteiger partial charge is 0.341 e. The Balaban J connectivity index is 1.72. The first-order chi connectivity index (χ1) is 18.9. The van der Waals surface area contributed by atoms with Crippen molar-refractivity contribution in [2.75, 3.05) is 13.2 Å². The van der Waals surface area contributed by atoms with E-state index in [0.717, 1.165) is 0 Å². The zero-order valence-corrected chi connectivity index (χ0v) is 22.0. The summed E-state index contributed by atoms with van der Waals surface area (Å²) in [6.07, 6.45) is 3.06. The molecule has 12 heteroatoms. The van der Waals surface area contributed by atoms with E-state index in [0.29, 0.717) is 16.4 Å². The molecule has 4 aromatic heterocycles. The number of carbonyl (C=O) groups excluding carboxylic acids is 2. The number of aromatic nitrogens is 3. The van der Waals surface area contributed by atoms with Gasteiger partial charge in [-0.3, -0.25) is 14.0 Å². The van der Waals surface area contributed by atoms with Gasteiger partial charge >= 0.3 is 5.97 Å². The molecule has 0 atom stereocenters. The molecule has 0 N–H and O–H groups in total. The van der Waals surface area contributed by atoms with Crippen molar-refractivity contribution in [1.82, 2.24) is 14.0 Å². The molecule has 0 saturated carbocycles. The van der Waals surface area contributed by atoms with E-state index in [4.69, 9.17) is 37.1 Å². The highest BCUT2D eigenvalue weighted by atomic mass is 35.5. The molecular weight excluding hydrogens is 547 g/mol. The van der Waals surface area contributed by atoms with Crippen molar-refractivity contribution in [3.8, 4) is 5.75 Å². The molecule has 198 valence electrons. The van der Waals surface area contributed by atoms with Gasteiger partial charge in [0.05, 0.1) is 29.8 Å². The van der Waals surface area contributed by atoms with Gasteiger partial charge in [0.15, 0.2) is 12.1 Å². The van der Waals surface area contributed by atoms with Crippen LogP contribution < -0.4 is 15.8 Å². The molecular formula is C27H20Cl2N4O6. The number of halogens is 2. The van der Waals surface area contributed by atoms with Gasteiger partial charge in [0.1, 0.15) is 28.4 Å². The molecule has 0 fully saturated rings. The number of hydrogen-bond acceptors (Lipinski definition) is 7. The summed E-state index contributed by atoms with van der Waals surface area (Å²) in [4.78, 5) is 48.4. The van der Waals surface area contributed by atoms with E-state index < -0.39 is 24.0 Å². The maximum atomic E-state index is 13.4. The summed E-state index contributed by atoms with van der Waals surface area (Å²) in [7, 11) is 0. The number of pyridine rings is 2. The lowest BCUT2D eigenvalue weighted by molar-refractivity contribution is -0.120. The Labute approximate surface area is 230 Å². The summed E-state index contributed by atoms with van der Waals surface area (Å²) >= 11 is 12.1. The second-order valence-corrected chi connectivity index (χ2v) is 9.06. The number of furan rings is 1. The Morgan fingerprint density at radius 2 is 1.95 bits per heavy atom. The van der Waals surface area contributed by atoms with Gasteiger partial charge in [-0.25, -0.2) is 9.78 Å². The number of carbonyl (C=O) groups is 2. The number of benzene rings is 1. The summed E-state index contributed by atoms with van der Waals surface area (Å²) in [6.45, 7) is 1.24. The molecule has 1 amide bonds. The van der Waals surface area contributed by atoms with Crippen LogP contribution in [0.4, 0.5) is 0 Å². The second kappa shape index (κ2) is 11.1. The van der Waals surface area contributed by atoms with Crippen molar-refractivity contribution in [3.05, 3.63) is 104 Å². The van der Waals surface area contributed by atoms with Crippen LogP contribution in [0.5, 0.6) is 5.75 Å². The van der Waals surface area contributed by atoms with E-state index in [1.165, 1.54) is 33.4 Å². The van der Waals surface area contributed by atoms with Crippen molar-refractivity contribution < 1.29 is 23.5 Å². The monoisotopic (exact) mass is 566 g/mol. The molecule has 5 rings (SSSR count). The molecule has 0 radical (unpaired) electrons. The number of ether oxygens (including phenoxy) is 2. The second-order valence-electron chi connectivity index (χ2n) is 8.22. The van der Waals surface area contributed by atoms with Crippen LogP contribution in [0.25, 0.3) is 16.7 Å². The minimum atomic E-state index is -0.765. The first kappa shape index (κ1) is 26.2. The standard InChI is InChI=1S/C27H20Cl2N4O6/c1-2-37-27(36)19-13-18-24(30-22-7-3-4-10-32(22)26(18)35)33(14-17-6-5-11-38-17)25(19)31-23(34)15-39-21-9-8-16(28)12-20(21)29/h3-13H,2,14-15H2,1H3. The maximum Gasteiger partial charge on any atom is 0.341 e.